The summed E-state index contributed by atoms with van der Waals surface area (Å²) in [5, 5.41) is 4.15. The topological polar surface area (TPSA) is 206 Å². The van der Waals surface area contributed by atoms with Gasteiger partial charge in [-0.1, -0.05) is 60.7 Å². The molecular formula is C36H33ClF4N2O10P2S2. The fourth-order valence-electron chi connectivity index (χ4n) is 4.98. The van der Waals surface area contributed by atoms with Gasteiger partial charge >= 0.3 is 15.6 Å². The van der Waals surface area contributed by atoms with E-state index in [1.54, 1.807) is 6.07 Å². The summed E-state index contributed by atoms with van der Waals surface area (Å²) in [6.07, 6.45) is -0.288. The number of benzene rings is 4. The first kappa shape index (κ1) is 45.8. The third-order valence-corrected chi connectivity index (χ3v) is 11.0. The van der Waals surface area contributed by atoms with Gasteiger partial charge in [-0.25, -0.2) is 26.7 Å². The number of carbonyl (C=O) groups excluding carboxylic acids is 2. The van der Waals surface area contributed by atoms with Gasteiger partial charge in [0, 0.05) is 15.4 Å². The molecule has 304 valence electrons. The maximum absolute atomic E-state index is 14.0. The lowest BCUT2D eigenvalue weighted by atomic mass is 10.1. The fourth-order valence-corrected chi connectivity index (χ4v) is 7.77. The lowest BCUT2D eigenvalue weighted by Gasteiger charge is -2.19. The Kier molecular flexibility index (Phi) is 16.6. The Hall–Kier alpha value is -3.87. The van der Waals surface area contributed by atoms with Crippen LogP contribution in [-0.4, -0.2) is 56.0 Å². The number of hydrogen-bond donors (Lipinski definition) is 6. The molecule has 0 aliphatic rings. The molecule has 57 heavy (non-hydrogen) atoms. The van der Waals surface area contributed by atoms with Crippen LogP contribution >= 0.6 is 49.9 Å². The number of nitrogens with two attached hydrogens (primary N) is 1. The van der Waals surface area contributed by atoms with E-state index in [0.29, 0.717) is 9.75 Å². The van der Waals surface area contributed by atoms with Crippen molar-refractivity contribution in [3.05, 3.63) is 141 Å². The first-order chi connectivity index (χ1) is 26.8. The van der Waals surface area contributed by atoms with E-state index in [-0.39, 0.29) is 29.2 Å². The van der Waals surface area contributed by atoms with E-state index >= 15 is 0 Å². The minimum atomic E-state index is -4.80. The molecule has 2 heterocycles. The number of carbonyl (C=O) groups is 2. The van der Waals surface area contributed by atoms with Crippen LogP contribution in [0, 0.1) is 23.3 Å². The third-order valence-electron chi connectivity index (χ3n) is 7.52. The van der Waals surface area contributed by atoms with Gasteiger partial charge in [0.2, 0.25) is 0 Å². The SMILES string of the molecule is NC(COP(=O)(O)O)Cc1cccc(F)c1F.O=C(Cl)c1cc2ccccc2s1.O=C(NC(COP(=O)(O)O)Cc1cccc(F)c1F)c1cc2ccccc2s1. The lowest BCUT2D eigenvalue weighted by molar-refractivity contribution is 0.0912. The van der Waals surface area contributed by atoms with E-state index in [4.69, 9.17) is 36.9 Å². The van der Waals surface area contributed by atoms with E-state index in [2.05, 4.69) is 14.4 Å². The largest absolute Gasteiger partial charge is 0.469 e. The average Bonchev–Trinajstić information content (AvgIpc) is 3.79. The lowest BCUT2D eigenvalue weighted by Crippen LogP contribution is -2.39. The Labute approximate surface area is 335 Å². The van der Waals surface area contributed by atoms with Crippen molar-refractivity contribution in [2.24, 2.45) is 5.73 Å². The molecule has 2 unspecified atom stereocenters. The van der Waals surface area contributed by atoms with E-state index in [1.807, 2.05) is 54.6 Å². The maximum atomic E-state index is 14.0. The first-order valence-corrected chi connectivity index (χ1v) is 21.4. The summed E-state index contributed by atoms with van der Waals surface area (Å²) in [6, 6.07) is 24.1. The number of fused-ring (bicyclic) bond motifs is 2. The van der Waals surface area contributed by atoms with Gasteiger partial charge in [0.15, 0.2) is 23.3 Å². The molecule has 0 aliphatic heterocycles. The minimum absolute atomic E-state index is 0.0341. The molecule has 4 aromatic carbocycles. The fraction of sp³-hybridized carbons (Fsp3) is 0.167. The molecule has 6 aromatic rings. The molecule has 7 N–H and O–H groups in total. The van der Waals surface area contributed by atoms with Crippen molar-refractivity contribution < 1.29 is 64.9 Å². The maximum Gasteiger partial charge on any atom is 0.469 e. The van der Waals surface area contributed by atoms with Gasteiger partial charge in [0.25, 0.3) is 11.1 Å². The number of thiophene rings is 2. The zero-order valence-corrected chi connectivity index (χ0v) is 33.3. The molecule has 0 bridgehead atoms. The Morgan fingerprint density at radius 3 is 1.63 bits per heavy atom. The van der Waals surface area contributed by atoms with Gasteiger partial charge < -0.3 is 30.6 Å². The van der Waals surface area contributed by atoms with Crippen LogP contribution in [0.5, 0.6) is 0 Å². The van der Waals surface area contributed by atoms with Crippen molar-refractivity contribution in [2.75, 3.05) is 13.2 Å². The number of halogens is 5. The number of nitrogens with one attached hydrogen (secondary N) is 1. The molecule has 0 radical (unpaired) electrons. The van der Waals surface area contributed by atoms with E-state index in [0.717, 1.165) is 32.3 Å². The predicted octanol–water partition coefficient (Wildman–Crippen LogP) is 7.85. The molecule has 0 spiro atoms. The quantitative estimate of drug-likeness (QED) is 0.0374. The average molecular weight is 891 g/mol. The van der Waals surface area contributed by atoms with E-state index in [9.17, 15) is 36.3 Å². The normalized spacial score (nSPS) is 12.6. The number of hydrogen-bond acceptors (Lipinski definition) is 9. The van der Waals surface area contributed by atoms with Crippen LogP contribution in [0.4, 0.5) is 17.6 Å². The summed E-state index contributed by atoms with van der Waals surface area (Å²) in [4.78, 5) is 59.1. The molecule has 0 fully saturated rings. The molecule has 6 rings (SSSR count). The summed E-state index contributed by atoms with van der Waals surface area (Å²) >= 11 is 8.01. The molecule has 2 atom stereocenters. The van der Waals surface area contributed by atoms with Crippen molar-refractivity contribution in [1.29, 1.82) is 0 Å². The van der Waals surface area contributed by atoms with E-state index in [1.165, 1.54) is 46.9 Å². The molecule has 0 aliphatic carbocycles. The van der Waals surface area contributed by atoms with Gasteiger partial charge in [-0.3, -0.25) is 18.6 Å². The van der Waals surface area contributed by atoms with Crippen LogP contribution in [0.15, 0.2) is 97.1 Å². The molecule has 12 nitrogen and oxygen atoms in total. The molecule has 2 aromatic heterocycles. The van der Waals surface area contributed by atoms with Gasteiger partial charge in [-0.2, -0.15) is 0 Å². The zero-order chi connectivity index (χ0) is 41.9. The van der Waals surface area contributed by atoms with Crippen LogP contribution in [0.25, 0.3) is 20.2 Å². The van der Waals surface area contributed by atoms with Crippen molar-refractivity contribution in [1.82, 2.24) is 5.32 Å². The van der Waals surface area contributed by atoms with Gasteiger partial charge in [0.05, 0.1) is 29.0 Å². The Balaban J connectivity index is 0.000000210. The van der Waals surface area contributed by atoms with Crippen molar-refractivity contribution in [3.8, 4) is 0 Å². The number of phosphoric ester groups is 2. The highest BCUT2D eigenvalue weighted by molar-refractivity contribution is 7.46. The van der Waals surface area contributed by atoms with Crippen molar-refractivity contribution in [3.63, 3.8) is 0 Å². The Morgan fingerprint density at radius 2 is 1.14 bits per heavy atom. The van der Waals surface area contributed by atoms with Crippen LogP contribution in [-0.2, 0) is 31.0 Å². The molecule has 21 heteroatoms. The summed E-state index contributed by atoms with van der Waals surface area (Å²) in [5.41, 5.74) is 5.46. The number of phosphoric acid groups is 2. The van der Waals surface area contributed by atoms with Crippen molar-refractivity contribution in [2.45, 2.75) is 24.9 Å². The number of rotatable bonds is 13. The molecule has 0 saturated carbocycles. The second-order valence-corrected chi connectivity index (χ2v) is 16.9. The molecule has 0 saturated heterocycles. The second-order valence-electron chi connectivity index (χ2n) is 11.9. The van der Waals surface area contributed by atoms with Gasteiger partial charge in [-0.05, 0) is 82.7 Å². The van der Waals surface area contributed by atoms with Gasteiger partial charge in [-0.15, -0.1) is 22.7 Å². The second kappa shape index (κ2) is 20.7. The number of amides is 1. The Morgan fingerprint density at radius 1 is 0.684 bits per heavy atom. The third kappa shape index (κ3) is 14.8. The zero-order valence-electron chi connectivity index (χ0n) is 29.1. The highest BCUT2D eigenvalue weighted by Crippen LogP contribution is 2.37. The summed E-state index contributed by atoms with van der Waals surface area (Å²) in [7, 11) is -9.39. The minimum Gasteiger partial charge on any atom is -0.346 e. The summed E-state index contributed by atoms with van der Waals surface area (Å²) < 4.78 is 85.5. The predicted molar refractivity (Wildman–Crippen MR) is 209 cm³/mol. The van der Waals surface area contributed by atoms with Crippen LogP contribution in [0.2, 0.25) is 0 Å². The van der Waals surface area contributed by atoms with Crippen LogP contribution in [0.1, 0.15) is 30.5 Å². The molecular weight excluding hydrogens is 858 g/mol. The highest BCUT2D eigenvalue weighted by Gasteiger charge is 2.23. The van der Waals surface area contributed by atoms with Crippen molar-refractivity contribution >= 4 is 81.2 Å². The summed E-state index contributed by atoms with van der Waals surface area (Å²) in [6.45, 7) is -1.02. The van der Waals surface area contributed by atoms with Crippen LogP contribution in [0.3, 0.4) is 0 Å². The smallest absolute Gasteiger partial charge is 0.346 e. The standard InChI is InChI=1S/C18H16F2NO5PS.C9H5ClOS.C9H12F2NO4P/c19-14-6-3-5-12(17(14)20)8-13(10-26-27(23,24)25)21-18(22)16-9-11-4-1-2-7-15(11)28-16;10-9(11)8-5-6-3-1-2-4-7(6)12-8;10-8-3-1-2-6(9(8)11)4-7(12)5-16-17(13,14)15/h1-7,9,13H,8,10H2,(H,21,22)(H2,23,24,25);1-5H;1-3,7H,4-5,12H2,(H2,13,14,15). The van der Waals surface area contributed by atoms with Crippen LogP contribution < -0.4 is 11.1 Å². The Bertz CT molecular complexity index is 2360. The van der Waals surface area contributed by atoms with E-state index < -0.39 is 70.1 Å². The highest BCUT2D eigenvalue weighted by atomic mass is 35.5. The summed E-state index contributed by atoms with van der Waals surface area (Å²) in [5.74, 6) is -4.65. The first-order valence-electron chi connectivity index (χ1n) is 16.3. The van der Waals surface area contributed by atoms with Gasteiger partial charge in [0.1, 0.15) is 0 Å². The molecule has 1 amide bonds. The monoisotopic (exact) mass is 890 g/mol.